The zero-order valence-corrected chi connectivity index (χ0v) is 19.7. The maximum atomic E-state index is 14.0. The van der Waals surface area contributed by atoms with E-state index < -0.39 is 5.54 Å². The Labute approximate surface area is 193 Å². The van der Waals surface area contributed by atoms with Crippen LogP contribution in [0.1, 0.15) is 48.8 Å². The van der Waals surface area contributed by atoms with Crippen LogP contribution >= 0.6 is 23.4 Å². The third-order valence-corrected chi connectivity index (χ3v) is 7.60. The van der Waals surface area contributed by atoms with E-state index in [0.717, 1.165) is 48.1 Å². The van der Waals surface area contributed by atoms with Crippen LogP contribution in [0, 0.1) is 13.8 Å². The zero-order chi connectivity index (χ0) is 22.0. The number of carbonyl (C=O) groups excluding carboxylic acids is 2. The Morgan fingerprint density at radius 1 is 1.06 bits per heavy atom. The molecule has 2 aromatic carbocycles. The van der Waals surface area contributed by atoms with Crippen molar-refractivity contribution in [3.05, 3.63) is 64.2 Å². The van der Waals surface area contributed by atoms with E-state index in [4.69, 9.17) is 11.6 Å². The largest absolute Gasteiger partial charge is 0.351 e. The molecule has 1 heterocycles. The van der Waals surface area contributed by atoms with Crippen molar-refractivity contribution in [2.75, 3.05) is 16.4 Å². The lowest BCUT2D eigenvalue weighted by Gasteiger charge is -2.46. The molecule has 4 rings (SSSR count). The van der Waals surface area contributed by atoms with Crippen LogP contribution in [0.3, 0.4) is 0 Å². The second-order valence-electron chi connectivity index (χ2n) is 8.74. The summed E-state index contributed by atoms with van der Waals surface area (Å²) in [4.78, 5) is 29.1. The van der Waals surface area contributed by atoms with Crippen LogP contribution in [-0.2, 0) is 15.1 Å². The summed E-state index contributed by atoms with van der Waals surface area (Å²) in [6.07, 6.45) is 5.47. The van der Waals surface area contributed by atoms with Gasteiger partial charge in [0.1, 0.15) is 0 Å². The van der Waals surface area contributed by atoms with Gasteiger partial charge in [0.25, 0.3) is 5.91 Å². The van der Waals surface area contributed by atoms with Gasteiger partial charge in [-0.15, -0.1) is 11.8 Å². The van der Waals surface area contributed by atoms with Gasteiger partial charge in [0, 0.05) is 22.5 Å². The molecule has 1 aliphatic carbocycles. The lowest BCUT2D eigenvalue weighted by Crippen LogP contribution is -2.64. The van der Waals surface area contributed by atoms with Crippen LogP contribution < -0.4 is 10.2 Å². The fourth-order valence-corrected chi connectivity index (χ4v) is 6.11. The molecule has 1 N–H and O–H groups in total. The van der Waals surface area contributed by atoms with E-state index >= 15 is 0 Å². The second kappa shape index (κ2) is 9.25. The van der Waals surface area contributed by atoms with E-state index in [0.29, 0.717) is 16.5 Å². The van der Waals surface area contributed by atoms with Crippen LogP contribution in [-0.4, -0.2) is 29.4 Å². The molecule has 164 valence electrons. The van der Waals surface area contributed by atoms with E-state index in [1.54, 1.807) is 17.0 Å². The summed E-state index contributed by atoms with van der Waals surface area (Å²) in [5.41, 5.74) is 2.60. The first-order chi connectivity index (χ1) is 14.9. The molecule has 0 radical (unpaired) electrons. The number of rotatable bonds is 4. The van der Waals surface area contributed by atoms with Gasteiger partial charge >= 0.3 is 0 Å². The normalized spacial score (nSPS) is 22.4. The molecular formula is C25H29ClN2O2S. The first-order valence-electron chi connectivity index (χ1n) is 11.0. The number of halogens is 1. The molecule has 0 aromatic heterocycles. The van der Waals surface area contributed by atoms with Gasteiger partial charge in [-0.2, -0.15) is 0 Å². The summed E-state index contributed by atoms with van der Waals surface area (Å²) < 4.78 is 0. The minimum Gasteiger partial charge on any atom is -0.351 e. The molecule has 1 saturated heterocycles. The smallest absolute Gasteiger partial charge is 0.252 e. The van der Waals surface area contributed by atoms with Gasteiger partial charge in [-0.3, -0.25) is 14.5 Å². The number of nitrogens with zero attached hydrogens (tertiary/aromatic N) is 1. The van der Waals surface area contributed by atoms with Crippen molar-refractivity contribution in [3.8, 4) is 0 Å². The quantitative estimate of drug-likeness (QED) is 0.671. The molecule has 6 heteroatoms. The number of benzene rings is 2. The van der Waals surface area contributed by atoms with Crippen LogP contribution in [0.2, 0.25) is 5.02 Å². The van der Waals surface area contributed by atoms with Gasteiger partial charge in [0.2, 0.25) is 5.91 Å². The summed E-state index contributed by atoms with van der Waals surface area (Å²) in [6, 6.07) is 13.6. The lowest BCUT2D eigenvalue weighted by molar-refractivity contribution is -0.130. The Morgan fingerprint density at radius 2 is 1.71 bits per heavy atom. The summed E-state index contributed by atoms with van der Waals surface area (Å²) in [5, 5.41) is 3.92. The molecule has 2 aliphatic rings. The SMILES string of the molecule is Cc1cc(C)cc(N2C(=O)CSCC2(C(=O)NC2CCCCC2)c2ccc(Cl)cc2)c1. The summed E-state index contributed by atoms with van der Waals surface area (Å²) in [6.45, 7) is 4.04. The van der Waals surface area contributed by atoms with Crippen molar-refractivity contribution >= 4 is 40.9 Å². The summed E-state index contributed by atoms with van der Waals surface area (Å²) in [5.74, 6) is 0.724. The van der Waals surface area contributed by atoms with Crippen molar-refractivity contribution in [2.24, 2.45) is 0 Å². The number of nitrogens with one attached hydrogen (secondary N) is 1. The molecular weight excluding hydrogens is 428 g/mol. The molecule has 1 unspecified atom stereocenters. The molecule has 1 atom stereocenters. The van der Waals surface area contributed by atoms with E-state index in [1.165, 1.54) is 18.2 Å². The molecule has 0 bridgehead atoms. The standard InChI is InChI=1S/C25H29ClN2O2S/c1-17-12-18(2)14-22(13-17)28-23(29)15-31-16-25(28,19-8-10-20(26)11-9-19)24(30)27-21-6-4-3-5-7-21/h8-14,21H,3-7,15-16H2,1-2H3,(H,27,30). The Morgan fingerprint density at radius 3 is 2.35 bits per heavy atom. The Bertz CT molecular complexity index is 952. The third kappa shape index (κ3) is 4.49. The van der Waals surface area contributed by atoms with Crippen LogP contribution in [0.4, 0.5) is 5.69 Å². The number of thioether (sulfide) groups is 1. The highest BCUT2D eigenvalue weighted by molar-refractivity contribution is 8.00. The predicted molar refractivity (Wildman–Crippen MR) is 129 cm³/mol. The maximum Gasteiger partial charge on any atom is 0.252 e. The first-order valence-corrected chi connectivity index (χ1v) is 12.5. The minimum atomic E-state index is -1.11. The molecule has 1 aliphatic heterocycles. The molecule has 31 heavy (non-hydrogen) atoms. The third-order valence-electron chi connectivity index (χ3n) is 6.27. The Balaban J connectivity index is 1.84. The highest BCUT2D eigenvalue weighted by Crippen LogP contribution is 2.41. The molecule has 4 nitrogen and oxygen atoms in total. The molecule has 0 spiro atoms. The van der Waals surface area contributed by atoms with Crippen molar-refractivity contribution in [2.45, 2.75) is 57.5 Å². The fraction of sp³-hybridized carbons (Fsp3) is 0.440. The first kappa shape index (κ1) is 22.2. The van der Waals surface area contributed by atoms with Crippen LogP contribution in [0.25, 0.3) is 0 Å². The summed E-state index contributed by atoms with van der Waals surface area (Å²) in [7, 11) is 0. The Hall–Kier alpha value is -1.98. The van der Waals surface area contributed by atoms with Gasteiger partial charge in [-0.25, -0.2) is 0 Å². The van der Waals surface area contributed by atoms with Crippen molar-refractivity contribution in [3.63, 3.8) is 0 Å². The van der Waals surface area contributed by atoms with Gasteiger partial charge in [-0.1, -0.05) is 49.1 Å². The number of carbonyl (C=O) groups is 2. The molecule has 1 saturated carbocycles. The Kier molecular flexibility index (Phi) is 6.63. The van der Waals surface area contributed by atoms with Crippen molar-refractivity contribution < 1.29 is 9.59 Å². The molecule has 2 aromatic rings. The zero-order valence-electron chi connectivity index (χ0n) is 18.1. The van der Waals surface area contributed by atoms with Crippen LogP contribution in [0.5, 0.6) is 0 Å². The van der Waals surface area contributed by atoms with Crippen LogP contribution in [0.15, 0.2) is 42.5 Å². The number of hydrogen-bond donors (Lipinski definition) is 1. The van der Waals surface area contributed by atoms with Crippen molar-refractivity contribution in [1.82, 2.24) is 5.32 Å². The number of aryl methyl sites for hydroxylation is 2. The summed E-state index contributed by atoms with van der Waals surface area (Å²) >= 11 is 7.69. The van der Waals surface area contributed by atoms with Gasteiger partial charge in [0.05, 0.1) is 5.75 Å². The predicted octanol–water partition coefficient (Wildman–Crippen LogP) is 5.38. The van der Waals surface area contributed by atoms with E-state index in [2.05, 4.69) is 11.4 Å². The highest BCUT2D eigenvalue weighted by atomic mass is 35.5. The van der Waals surface area contributed by atoms with E-state index in [1.807, 2.05) is 38.1 Å². The average Bonchev–Trinajstić information content (AvgIpc) is 2.74. The monoisotopic (exact) mass is 456 g/mol. The van der Waals surface area contributed by atoms with Gasteiger partial charge < -0.3 is 5.32 Å². The number of hydrogen-bond acceptors (Lipinski definition) is 3. The van der Waals surface area contributed by atoms with E-state index in [9.17, 15) is 9.59 Å². The number of anilines is 1. The van der Waals surface area contributed by atoms with Crippen molar-refractivity contribution in [1.29, 1.82) is 0 Å². The maximum absolute atomic E-state index is 14.0. The van der Waals surface area contributed by atoms with E-state index in [-0.39, 0.29) is 17.9 Å². The van der Waals surface area contributed by atoms with Gasteiger partial charge in [0.15, 0.2) is 5.54 Å². The topological polar surface area (TPSA) is 49.4 Å². The lowest BCUT2D eigenvalue weighted by atomic mass is 9.86. The minimum absolute atomic E-state index is 0.0463. The van der Waals surface area contributed by atoms with Gasteiger partial charge in [-0.05, 0) is 67.6 Å². The highest BCUT2D eigenvalue weighted by Gasteiger charge is 2.51. The molecule has 2 fully saturated rings. The second-order valence-corrected chi connectivity index (χ2v) is 10.2. The fourth-order valence-electron chi connectivity index (χ4n) is 4.86. The number of amides is 2. The average molecular weight is 457 g/mol. The molecule has 2 amide bonds.